The van der Waals surface area contributed by atoms with E-state index in [0.29, 0.717) is 22.5 Å². The molecule has 6 nitrogen and oxygen atoms in total. The van der Waals surface area contributed by atoms with E-state index in [1.165, 1.54) is 6.92 Å². The molecule has 140 valence electrons. The molecule has 1 N–H and O–H groups in total. The number of carbonyl (C=O) groups is 2. The number of benzene rings is 2. The largest absolute Gasteiger partial charge is 0.449 e. The van der Waals surface area contributed by atoms with Crippen LogP contribution in [0.15, 0.2) is 48.5 Å². The van der Waals surface area contributed by atoms with E-state index in [1.807, 2.05) is 37.3 Å². The molecule has 28 heavy (non-hydrogen) atoms. The van der Waals surface area contributed by atoms with E-state index in [9.17, 15) is 9.59 Å². The van der Waals surface area contributed by atoms with Crippen LogP contribution in [-0.4, -0.2) is 23.0 Å². The molecule has 2 aromatic carbocycles. The van der Waals surface area contributed by atoms with Gasteiger partial charge in [-0.1, -0.05) is 24.3 Å². The molecule has 0 aliphatic carbocycles. The Labute approximate surface area is 162 Å². The zero-order valence-corrected chi connectivity index (χ0v) is 15.8. The minimum absolute atomic E-state index is 0.366. The summed E-state index contributed by atoms with van der Waals surface area (Å²) < 4.78 is 5.38. The molecule has 0 bridgehead atoms. The first-order valence-electron chi connectivity index (χ1n) is 8.78. The monoisotopic (exact) mass is 373 g/mol. The molecule has 6 heteroatoms. The number of fused-ring (bicyclic) bond motifs is 1. The van der Waals surface area contributed by atoms with Crippen LogP contribution in [0.1, 0.15) is 34.1 Å². The second-order valence-electron chi connectivity index (χ2n) is 6.44. The highest BCUT2D eigenvalue weighted by molar-refractivity contribution is 6.01. The zero-order valence-electron chi connectivity index (χ0n) is 15.8. The van der Waals surface area contributed by atoms with Gasteiger partial charge in [0, 0.05) is 11.1 Å². The summed E-state index contributed by atoms with van der Waals surface area (Å²) in [6, 6.07) is 16.1. The molecular weight excluding hydrogens is 354 g/mol. The topological polar surface area (TPSA) is 92.1 Å². The normalized spacial score (nSPS) is 11.5. The number of ether oxygens (including phenoxy) is 1. The standard InChI is InChI=1S/C22H19N3O3/c1-13-18-9-4-5-10-19(18)24-14(2)20(13)22(27)28-15(3)21(26)25-17-8-6-7-16(11-17)12-23/h4-11,15H,1-3H3,(H,25,26)/t15-/m0/s1. The van der Waals surface area contributed by atoms with E-state index in [4.69, 9.17) is 10.00 Å². The third-order valence-electron chi connectivity index (χ3n) is 4.45. The van der Waals surface area contributed by atoms with Gasteiger partial charge in [0.1, 0.15) is 0 Å². The lowest BCUT2D eigenvalue weighted by Gasteiger charge is -2.16. The number of aromatic nitrogens is 1. The van der Waals surface area contributed by atoms with Gasteiger partial charge >= 0.3 is 5.97 Å². The Morgan fingerprint density at radius 2 is 1.89 bits per heavy atom. The van der Waals surface area contributed by atoms with Crippen molar-refractivity contribution < 1.29 is 14.3 Å². The van der Waals surface area contributed by atoms with Crippen LogP contribution in [0, 0.1) is 25.2 Å². The fraction of sp³-hybridized carbons (Fsp3) is 0.182. The van der Waals surface area contributed by atoms with Gasteiger partial charge < -0.3 is 10.1 Å². The Kier molecular flexibility index (Phi) is 5.37. The number of anilines is 1. The predicted octanol–water partition coefficient (Wildman–Crippen LogP) is 3.91. The molecular formula is C22H19N3O3. The van der Waals surface area contributed by atoms with Crippen molar-refractivity contribution in [1.82, 2.24) is 4.98 Å². The van der Waals surface area contributed by atoms with Gasteiger partial charge in [-0.2, -0.15) is 5.26 Å². The second-order valence-corrected chi connectivity index (χ2v) is 6.44. The number of hydrogen-bond donors (Lipinski definition) is 1. The summed E-state index contributed by atoms with van der Waals surface area (Å²) in [5, 5.41) is 12.5. The molecule has 1 heterocycles. The number of nitriles is 1. The molecule has 1 aromatic heterocycles. The van der Waals surface area contributed by atoms with Gasteiger partial charge in [0.05, 0.1) is 28.4 Å². The number of para-hydroxylation sites is 1. The second kappa shape index (κ2) is 7.89. The van der Waals surface area contributed by atoms with Crippen molar-refractivity contribution in [2.45, 2.75) is 26.9 Å². The van der Waals surface area contributed by atoms with Crippen molar-refractivity contribution in [3.05, 3.63) is 70.9 Å². The first-order chi connectivity index (χ1) is 13.4. The van der Waals surface area contributed by atoms with E-state index >= 15 is 0 Å². The molecule has 0 saturated carbocycles. The average Bonchev–Trinajstić information content (AvgIpc) is 2.68. The number of nitrogens with zero attached hydrogens (tertiary/aromatic N) is 2. The van der Waals surface area contributed by atoms with Gasteiger partial charge in [0.25, 0.3) is 5.91 Å². The Morgan fingerprint density at radius 1 is 1.14 bits per heavy atom. The third kappa shape index (κ3) is 3.84. The molecule has 0 spiro atoms. The van der Waals surface area contributed by atoms with Crippen molar-refractivity contribution in [2.75, 3.05) is 5.32 Å². The summed E-state index contributed by atoms with van der Waals surface area (Å²) >= 11 is 0. The van der Waals surface area contributed by atoms with Crippen molar-refractivity contribution in [3.63, 3.8) is 0 Å². The van der Waals surface area contributed by atoms with E-state index < -0.39 is 18.0 Å². The Balaban J connectivity index is 1.78. The highest BCUT2D eigenvalue weighted by Gasteiger charge is 2.23. The van der Waals surface area contributed by atoms with Gasteiger partial charge in [-0.25, -0.2) is 4.79 Å². The number of pyridine rings is 1. The van der Waals surface area contributed by atoms with Gasteiger partial charge in [-0.05, 0) is 50.6 Å². The summed E-state index contributed by atoms with van der Waals surface area (Å²) in [5.41, 5.74) is 3.38. The number of hydrogen-bond acceptors (Lipinski definition) is 5. The first-order valence-corrected chi connectivity index (χ1v) is 8.78. The van der Waals surface area contributed by atoms with Crippen LogP contribution in [0.4, 0.5) is 5.69 Å². The molecule has 0 aliphatic rings. The highest BCUT2D eigenvalue weighted by Crippen LogP contribution is 2.23. The number of rotatable bonds is 4. The molecule has 1 atom stereocenters. The van der Waals surface area contributed by atoms with Crippen LogP contribution in [0.5, 0.6) is 0 Å². The van der Waals surface area contributed by atoms with Gasteiger partial charge in [0.2, 0.25) is 0 Å². The quantitative estimate of drug-likeness (QED) is 0.700. The lowest BCUT2D eigenvalue weighted by Crippen LogP contribution is -2.30. The van der Waals surface area contributed by atoms with Gasteiger partial charge in [-0.3, -0.25) is 9.78 Å². The van der Waals surface area contributed by atoms with Crippen LogP contribution in [0.3, 0.4) is 0 Å². The maximum Gasteiger partial charge on any atom is 0.341 e. The minimum atomic E-state index is -1.01. The van der Waals surface area contributed by atoms with Crippen LogP contribution < -0.4 is 5.32 Å². The van der Waals surface area contributed by atoms with Crippen LogP contribution in [-0.2, 0) is 9.53 Å². The molecule has 0 aliphatic heterocycles. The molecule has 3 aromatic rings. The smallest absolute Gasteiger partial charge is 0.341 e. The highest BCUT2D eigenvalue weighted by atomic mass is 16.5. The summed E-state index contributed by atoms with van der Waals surface area (Å²) in [5.74, 6) is -1.07. The molecule has 1 amide bonds. The van der Waals surface area contributed by atoms with E-state index in [1.54, 1.807) is 31.2 Å². The maximum atomic E-state index is 12.7. The Morgan fingerprint density at radius 3 is 2.64 bits per heavy atom. The number of aryl methyl sites for hydroxylation is 2. The molecule has 0 radical (unpaired) electrons. The van der Waals surface area contributed by atoms with Gasteiger partial charge in [0.15, 0.2) is 6.10 Å². The third-order valence-corrected chi connectivity index (χ3v) is 4.45. The maximum absolute atomic E-state index is 12.7. The lowest BCUT2D eigenvalue weighted by atomic mass is 10.0. The Hall–Kier alpha value is -3.72. The van der Waals surface area contributed by atoms with Crippen molar-refractivity contribution in [2.24, 2.45) is 0 Å². The average molecular weight is 373 g/mol. The predicted molar refractivity (Wildman–Crippen MR) is 106 cm³/mol. The molecule has 0 fully saturated rings. The van der Waals surface area contributed by atoms with E-state index in [-0.39, 0.29) is 0 Å². The van der Waals surface area contributed by atoms with Crippen molar-refractivity contribution in [3.8, 4) is 6.07 Å². The minimum Gasteiger partial charge on any atom is -0.449 e. The van der Waals surface area contributed by atoms with E-state index in [0.717, 1.165) is 16.5 Å². The number of amides is 1. The van der Waals surface area contributed by atoms with Crippen molar-refractivity contribution in [1.29, 1.82) is 5.26 Å². The molecule has 0 unspecified atom stereocenters. The van der Waals surface area contributed by atoms with Crippen LogP contribution in [0.25, 0.3) is 10.9 Å². The number of carbonyl (C=O) groups excluding carboxylic acids is 2. The number of esters is 1. The molecule has 3 rings (SSSR count). The van der Waals surface area contributed by atoms with Gasteiger partial charge in [-0.15, -0.1) is 0 Å². The van der Waals surface area contributed by atoms with Crippen LogP contribution in [0.2, 0.25) is 0 Å². The zero-order chi connectivity index (χ0) is 20.3. The summed E-state index contributed by atoms with van der Waals surface area (Å²) in [6.07, 6.45) is -1.01. The van der Waals surface area contributed by atoms with Crippen molar-refractivity contribution >= 4 is 28.5 Å². The lowest BCUT2D eigenvalue weighted by molar-refractivity contribution is -0.123. The molecule has 0 saturated heterocycles. The fourth-order valence-electron chi connectivity index (χ4n) is 3.02. The summed E-state index contributed by atoms with van der Waals surface area (Å²) in [4.78, 5) is 29.6. The van der Waals surface area contributed by atoms with Crippen LogP contribution >= 0.6 is 0 Å². The number of nitrogens with one attached hydrogen (secondary N) is 1. The fourth-order valence-corrected chi connectivity index (χ4v) is 3.02. The Bertz CT molecular complexity index is 1120. The summed E-state index contributed by atoms with van der Waals surface area (Å²) in [7, 11) is 0. The first kappa shape index (κ1) is 19.1. The van der Waals surface area contributed by atoms with E-state index in [2.05, 4.69) is 10.3 Å². The summed E-state index contributed by atoms with van der Waals surface area (Å²) in [6.45, 7) is 5.08. The SMILES string of the molecule is Cc1nc2ccccc2c(C)c1C(=O)O[C@@H](C)C(=O)Nc1cccc(C#N)c1.